The van der Waals surface area contributed by atoms with Crippen molar-refractivity contribution in [3.8, 4) is 0 Å². The summed E-state index contributed by atoms with van der Waals surface area (Å²) in [6.07, 6.45) is 6.14. The average molecular weight is 203 g/mol. The number of nitrogens with zero attached hydrogens (tertiary/aromatic N) is 2. The van der Waals surface area contributed by atoms with E-state index in [0.29, 0.717) is 0 Å². The van der Waals surface area contributed by atoms with Gasteiger partial charge < -0.3 is 0 Å². The Morgan fingerprint density at radius 2 is 2.10 bits per heavy atom. The predicted molar refractivity (Wildman–Crippen MR) is 38.5 cm³/mol. The molecule has 0 aromatic carbocycles. The molecule has 0 saturated carbocycles. The van der Waals surface area contributed by atoms with Crippen LogP contribution in [-0.4, -0.2) is 4.57 Å². The van der Waals surface area contributed by atoms with Crippen LogP contribution in [0, 0.1) is 0 Å². The van der Waals surface area contributed by atoms with Gasteiger partial charge in [-0.05, 0) is 6.92 Å². The molecule has 0 unspecified atom stereocenters. The Balaban J connectivity index is 0. The van der Waals surface area contributed by atoms with Crippen LogP contribution >= 0.6 is 12.4 Å². The van der Waals surface area contributed by atoms with Crippen molar-refractivity contribution in [1.29, 1.82) is 0 Å². The van der Waals surface area contributed by atoms with E-state index in [2.05, 4.69) is 24.0 Å². The Hall–Kier alpha value is 0.0195. The molecular weight excluding hydrogens is 191 g/mol. The van der Waals surface area contributed by atoms with Crippen molar-refractivity contribution in [3.63, 3.8) is 0 Å². The van der Waals surface area contributed by atoms with Crippen molar-refractivity contribution < 1.29 is 21.6 Å². The SMILES string of the molecule is CCn1cc[n+](C)c1.Cl.[Fe]. The van der Waals surface area contributed by atoms with Gasteiger partial charge in [0.25, 0.3) is 0 Å². The van der Waals surface area contributed by atoms with Crippen LogP contribution in [0.1, 0.15) is 6.92 Å². The summed E-state index contributed by atoms with van der Waals surface area (Å²) in [6, 6.07) is 0. The molecule has 60 valence electrons. The van der Waals surface area contributed by atoms with E-state index in [1.807, 2.05) is 17.8 Å². The van der Waals surface area contributed by atoms with Gasteiger partial charge in [0.05, 0.1) is 13.6 Å². The van der Waals surface area contributed by atoms with Crippen molar-refractivity contribution in [2.24, 2.45) is 7.05 Å². The summed E-state index contributed by atoms with van der Waals surface area (Å²) >= 11 is 0. The Labute approximate surface area is 78.1 Å². The fourth-order valence-corrected chi connectivity index (χ4v) is 0.689. The van der Waals surface area contributed by atoms with E-state index >= 15 is 0 Å². The molecule has 0 atom stereocenters. The summed E-state index contributed by atoms with van der Waals surface area (Å²) in [5.41, 5.74) is 0. The van der Waals surface area contributed by atoms with E-state index in [1.165, 1.54) is 0 Å². The molecule has 0 spiro atoms. The second-order valence-electron chi connectivity index (χ2n) is 1.91. The topological polar surface area (TPSA) is 8.81 Å². The van der Waals surface area contributed by atoms with E-state index in [9.17, 15) is 0 Å². The molecule has 1 aromatic rings. The minimum Gasteiger partial charge on any atom is -0.240 e. The van der Waals surface area contributed by atoms with Gasteiger partial charge in [0.15, 0.2) is 0 Å². The number of hydrogen-bond acceptors (Lipinski definition) is 0. The Kier molecular flexibility index (Phi) is 7.32. The first-order valence-corrected chi connectivity index (χ1v) is 2.84. The molecule has 1 aromatic heterocycles. The van der Waals surface area contributed by atoms with Gasteiger partial charge >= 0.3 is 0 Å². The molecule has 0 aliphatic heterocycles. The van der Waals surface area contributed by atoms with Crippen molar-refractivity contribution in [2.75, 3.05) is 0 Å². The number of imidazole rings is 1. The van der Waals surface area contributed by atoms with Crippen LogP contribution in [0.2, 0.25) is 0 Å². The monoisotopic (exact) mass is 203 g/mol. The van der Waals surface area contributed by atoms with Gasteiger partial charge in [-0.3, -0.25) is 0 Å². The molecule has 0 N–H and O–H groups in total. The van der Waals surface area contributed by atoms with Gasteiger partial charge in [0.2, 0.25) is 6.33 Å². The van der Waals surface area contributed by atoms with Crippen LogP contribution in [0.15, 0.2) is 18.7 Å². The molecule has 2 nitrogen and oxygen atoms in total. The fourth-order valence-electron chi connectivity index (χ4n) is 0.689. The molecule has 0 fully saturated rings. The third-order valence-corrected chi connectivity index (χ3v) is 1.19. The second-order valence-corrected chi connectivity index (χ2v) is 1.91. The zero-order chi connectivity index (χ0) is 5.98. The minimum absolute atomic E-state index is 0. The van der Waals surface area contributed by atoms with Crippen molar-refractivity contribution in [3.05, 3.63) is 18.7 Å². The Morgan fingerprint density at radius 3 is 2.30 bits per heavy atom. The fraction of sp³-hybridized carbons (Fsp3) is 0.500. The summed E-state index contributed by atoms with van der Waals surface area (Å²) in [4.78, 5) is 0. The molecular formula is C6H12ClFeN2+. The number of rotatable bonds is 1. The number of hydrogen-bond donors (Lipinski definition) is 0. The maximum atomic E-state index is 2.12. The van der Waals surface area contributed by atoms with E-state index in [0.717, 1.165) is 6.54 Å². The van der Waals surface area contributed by atoms with E-state index in [4.69, 9.17) is 0 Å². The van der Waals surface area contributed by atoms with Gasteiger partial charge in [0, 0.05) is 17.1 Å². The van der Waals surface area contributed by atoms with E-state index < -0.39 is 0 Å². The van der Waals surface area contributed by atoms with E-state index in [1.54, 1.807) is 0 Å². The van der Waals surface area contributed by atoms with Crippen LogP contribution in [0.5, 0.6) is 0 Å². The van der Waals surface area contributed by atoms with Crippen LogP contribution in [0.4, 0.5) is 0 Å². The molecule has 0 radical (unpaired) electrons. The van der Waals surface area contributed by atoms with E-state index in [-0.39, 0.29) is 29.5 Å². The molecule has 4 heteroatoms. The maximum absolute atomic E-state index is 2.12. The minimum atomic E-state index is 0. The molecule has 1 rings (SSSR count). The van der Waals surface area contributed by atoms with Crippen LogP contribution in [0.3, 0.4) is 0 Å². The summed E-state index contributed by atoms with van der Waals surface area (Å²) in [5.74, 6) is 0. The number of aryl methyl sites for hydroxylation is 2. The van der Waals surface area contributed by atoms with Gasteiger partial charge in [-0.1, -0.05) is 0 Å². The van der Waals surface area contributed by atoms with Crippen LogP contribution < -0.4 is 4.57 Å². The quantitative estimate of drug-likeness (QED) is 0.471. The predicted octanol–water partition coefficient (Wildman–Crippen LogP) is 0.752. The standard InChI is InChI=1S/C6H11N2.ClH.Fe/c1-3-8-5-4-7(2)6-8;;/h4-6H,3H2,1-2H3;1H;/q+1;;. The average Bonchev–Trinajstić information content (AvgIpc) is 2.14. The Bertz CT molecular complexity index is 176. The molecule has 0 aliphatic rings. The smallest absolute Gasteiger partial charge is 0.240 e. The van der Waals surface area contributed by atoms with Gasteiger partial charge in [0.1, 0.15) is 12.4 Å². The van der Waals surface area contributed by atoms with Crippen LogP contribution in [-0.2, 0) is 30.7 Å². The van der Waals surface area contributed by atoms with Gasteiger partial charge in [-0.15, -0.1) is 12.4 Å². The summed E-state index contributed by atoms with van der Waals surface area (Å²) in [5, 5.41) is 0. The molecule has 10 heavy (non-hydrogen) atoms. The maximum Gasteiger partial charge on any atom is 0.243 e. The zero-order valence-corrected chi connectivity index (χ0v) is 8.02. The van der Waals surface area contributed by atoms with Gasteiger partial charge in [-0.25, -0.2) is 9.13 Å². The largest absolute Gasteiger partial charge is 0.243 e. The molecule has 0 bridgehead atoms. The summed E-state index contributed by atoms with van der Waals surface area (Å²) < 4.78 is 4.16. The Morgan fingerprint density at radius 1 is 1.50 bits per heavy atom. The molecule has 0 saturated heterocycles. The molecule has 0 aliphatic carbocycles. The third-order valence-electron chi connectivity index (χ3n) is 1.19. The first-order chi connectivity index (χ1) is 3.83. The normalized spacial score (nSPS) is 7.80. The first-order valence-electron chi connectivity index (χ1n) is 2.84. The van der Waals surface area contributed by atoms with Crippen LogP contribution in [0.25, 0.3) is 0 Å². The second kappa shape index (κ2) is 5.78. The van der Waals surface area contributed by atoms with Crippen molar-refractivity contribution in [1.82, 2.24) is 4.57 Å². The third kappa shape index (κ3) is 3.25. The first kappa shape index (κ1) is 12.7. The molecule has 1 heterocycles. The van der Waals surface area contributed by atoms with Crippen molar-refractivity contribution >= 4 is 12.4 Å². The summed E-state index contributed by atoms with van der Waals surface area (Å²) in [7, 11) is 2.02. The van der Waals surface area contributed by atoms with Crippen molar-refractivity contribution in [2.45, 2.75) is 13.5 Å². The number of halogens is 1. The molecule has 0 amide bonds. The van der Waals surface area contributed by atoms with Gasteiger partial charge in [-0.2, -0.15) is 0 Å². The zero-order valence-electron chi connectivity index (χ0n) is 6.10. The summed E-state index contributed by atoms with van der Waals surface area (Å²) in [6.45, 7) is 3.18. The number of aromatic nitrogens is 2.